The lowest BCUT2D eigenvalue weighted by atomic mass is 9.98. The van der Waals surface area contributed by atoms with Crippen LogP contribution in [-0.4, -0.2) is 79.6 Å². The Morgan fingerprint density at radius 2 is 2.00 bits per heavy atom. The summed E-state index contributed by atoms with van der Waals surface area (Å²) in [4.78, 5) is 37.9. The van der Waals surface area contributed by atoms with E-state index in [-0.39, 0.29) is 53.2 Å². The number of carbonyl (C=O) groups excluding carboxylic acids is 3. The van der Waals surface area contributed by atoms with Gasteiger partial charge in [0, 0.05) is 42.2 Å². The standard InChI is InChI=1S/C19H28N4O5S3/c1-11-13-8-23(7-12(13)9-30-31(11,27)28)17(25)6-20-16(24)5-3-2-4-15-18-14(10-29-15)21-19(26)22-18/h12-15,18H,1-10H2,(H,20,24)(H2,21,22,26)/t12-,13-,14+,15+,18+/m1/s1. The lowest BCUT2D eigenvalue weighted by Crippen LogP contribution is -2.39. The number of unbranched alkanes of at least 4 members (excludes halogenated alkanes) is 1. The molecular weight excluding hydrogens is 460 g/mol. The first kappa shape index (κ1) is 22.8. The Balaban J connectivity index is 1.13. The second kappa shape index (κ2) is 9.22. The summed E-state index contributed by atoms with van der Waals surface area (Å²) in [6, 6.07) is 0.297. The van der Waals surface area contributed by atoms with E-state index in [0.717, 1.165) is 35.8 Å². The molecule has 31 heavy (non-hydrogen) atoms. The highest BCUT2D eigenvalue weighted by atomic mass is 33.1. The molecule has 3 N–H and O–H groups in total. The second-order valence-electron chi connectivity index (χ2n) is 8.51. The van der Waals surface area contributed by atoms with Crippen LogP contribution < -0.4 is 16.0 Å². The monoisotopic (exact) mass is 488 g/mol. The van der Waals surface area contributed by atoms with Crippen molar-refractivity contribution < 1.29 is 22.8 Å². The Labute approximate surface area is 190 Å². The van der Waals surface area contributed by atoms with Crippen molar-refractivity contribution in [2.75, 3.05) is 31.1 Å². The van der Waals surface area contributed by atoms with Crippen molar-refractivity contribution >= 4 is 49.3 Å². The van der Waals surface area contributed by atoms with Gasteiger partial charge in [0.25, 0.3) is 0 Å². The highest BCUT2D eigenvalue weighted by Crippen LogP contribution is 2.43. The minimum atomic E-state index is -3.33. The van der Waals surface area contributed by atoms with Gasteiger partial charge in [-0.25, -0.2) is 13.2 Å². The van der Waals surface area contributed by atoms with Crippen LogP contribution in [-0.2, 0) is 18.5 Å². The fourth-order valence-corrected chi connectivity index (χ4v) is 9.61. The third-order valence-electron chi connectivity index (χ3n) is 6.48. The smallest absolute Gasteiger partial charge is 0.315 e. The van der Waals surface area contributed by atoms with Crippen molar-refractivity contribution in [1.29, 1.82) is 0 Å². The van der Waals surface area contributed by atoms with E-state index in [4.69, 9.17) is 0 Å². The number of amides is 4. The van der Waals surface area contributed by atoms with Crippen LogP contribution in [0.15, 0.2) is 11.5 Å². The van der Waals surface area contributed by atoms with E-state index in [2.05, 4.69) is 22.5 Å². The van der Waals surface area contributed by atoms with E-state index in [9.17, 15) is 22.8 Å². The van der Waals surface area contributed by atoms with Crippen LogP contribution in [0, 0.1) is 11.8 Å². The van der Waals surface area contributed by atoms with Crippen molar-refractivity contribution in [1.82, 2.24) is 20.9 Å². The lowest BCUT2D eigenvalue weighted by Gasteiger charge is -2.24. The van der Waals surface area contributed by atoms with Crippen molar-refractivity contribution in [3.63, 3.8) is 0 Å². The first-order valence-electron chi connectivity index (χ1n) is 10.6. The summed E-state index contributed by atoms with van der Waals surface area (Å²) < 4.78 is 23.9. The molecule has 4 heterocycles. The average Bonchev–Trinajstić information content (AvgIpc) is 3.41. The molecule has 4 aliphatic heterocycles. The molecular formula is C19H28N4O5S3. The molecule has 0 aliphatic carbocycles. The number of hydrogen-bond donors (Lipinski definition) is 3. The highest BCUT2D eigenvalue weighted by Gasteiger charge is 2.44. The summed E-state index contributed by atoms with van der Waals surface area (Å²) in [7, 11) is -2.43. The molecule has 12 heteroatoms. The summed E-state index contributed by atoms with van der Waals surface area (Å²) in [5, 5.41) is 8.96. The van der Waals surface area contributed by atoms with Crippen LogP contribution in [0.4, 0.5) is 4.79 Å². The number of likely N-dealkylation sites (tertiary alicyclic amines) is 1. The maximum absolute atomic E-state index is 12.5. The summed E-state index contributed by atoms with van der Waals surface area (Å²) in [6.45, 7) is 4.52. The number of nitrogens with one attached hydrogen (secondary N) is 3. The van der Waals surface area contributed by atoms with Gasteiger partial charge in [-0.3, -0.25) is 9.59 Å². The molecule has 0 aromatic carbocycles. The van der Waals surface area contributed by atoms with Crippen molar-refractivity contribution in [2.24, 2.45) is 11.8 Å². The summed E-state index contributed by atoms with van der Waals surface area (Å²) in [5.74, 6) is 0.957. The molecule has 0 bridgehead atoms. The molecule has 9 nitrogen and oxygen atoms in total. The van der Waals surface area contributed by atoms with Gasteiger partial charge in [0.15, 0.2) is 0 Å². The summed E-state index contributed by atoms with van der Waals surface area (Å²) in [5.41, 5.74) is 0. The van der Waals surface area contributed by atoms with E-state index < -0.39 is 8.87 Å². The van der Waals surface area contributed by atoms with Gasteiger partial charge in [-0.2, -0.15) is 11.8 Å². The van der Waals surface area contributed by atoms with Crippen molar-refractivity contribution in [3.8, 4) is 0 Å². The zero-order valence-corrected chi connectivity index (χ0v) is 19.6. The Morgan fingerprint density at radius 3 is 2.81 bits per heavy atom. The SMILES string of the molecule is C=C1[C@H]2CN(C(=O)CNC(=O)CCCC[C@@H]3SC[C@@H]4NC(=O)N[C@@H]43)C[C@@H]2CSS1(=O)=O. The summed E-state index contributed by atoms with van der Waals surface area (Å²) in [6.07, 6.45) is 2.93. The largest absolute Gasteiger partial charge is 0.347 e. The third kappa shape index (κ3) is 5.00. The second-order valence-corrected chi connectivity index (χ2v) is 13.8. The quantitative estimate of drug-likeness (QED) is 0.271. The van der Waals surface area contributed by atoms with Gasteiger partial charge in [-0.1, -0.05) is 13.0 Å². The number of carbonyl (C=O) groups is 3. The first-order chi connectivity index (χ1) is 14.7. The van der Waals surface area contributed by atoms with E-state index >= 15 is 0 Å². The van der Waals surface area contributed by atoms with Gasteiger partial charge in [-0.15, -0.1) is 0 Å². The van der Waals surface area contributed by atoms with E-state index in [1.807, 2.05) is 11.8 Å². The molecule has 0 spiro atoms. The minimum Gasteiger partial charge on any atom is -0.347 e. The van der Waals surface area contributed by atoms with Gasteiger partial charge < -0.3 is 20.9 Å². The lowest BCUT2D eigenvalue weighted by molar-refractivity contribution is -0.132. The van der Waals surface area contributed by atoms with Gasteiger partial charge in [0.05, 0.1) is 23.5 Å². The van der Waals surface area contributed by atoms with Crippen molar-refractivity contribution in [3.05, 3.63) is 11.5 Å². The molecule has 4 rings (SSSR count). The Bertz CT molecular complexity index is 880. The maximum Gasteiger partial charge on any atom is 0.315 e. The molecule has 4 aliphatic rings. The van der Waals surface area contributed by atoms with Gasteiger partial charge in [0.1, 0.15) is 0 Å². The molecule has 4 saturated heterocycles. The predicted octanol–water partition coefficient (Wildman–Crippen LogP) is 0.493. The van der Waals surface area contributed by atoms with Crippen LogP contribution in [0.3, 0.4) is 0 Å². The molecule has 0 saturated carbocycles. The van der Waals surface area contributed by atoms with E-state index in [0.29, 0.717) is 30.5 Å². The van der Waals surface area contributed by atoms with E-state index in [1.165, 1.54) is 0 Å². The molecule has 0 aromatic heterocycles. The predicted molar refractivity (Wildman–Crippen MR) is 121 cm³/mol. The third-order valence-corrected chi connectivity index (χ3v) is 11.8. The number of fused-ring (bicyclic) bond motifs is 2. The molecule has 4 amide bonds. The van der Waals surface area contributed by atoms with Crippen LogP contribution >= 0.6 is 22.6 Å². The molecule has 0 radical (unpaired) electrons. The number of urea groups is 1. The molecule has 0 unspecified atom stereocenters. The molecule has 172 valence electrons. The van der Waals surface area contributed by atoms with Gasteiger partial charge >= 0.3 is 6.03 Å². The zero-order chi connectivity index (χ0) is 22.2. The minimum absolute atomic E-state index is 0.0649. The maximum atomic E-state index is 12.5. The topological polar surface area (TPSA) is 125 Å². The van der Waals surface area contributed by atoms with Crippen LogP contribution in [0.1, 0.15) is 25.7 Å². The first-order valence-corrected chi connectivity index (χ1v) is 14.6. The Kier molecular flexibility index (Phi) is 6.78. The molecule has 4 fully saturated rings. The molecule has 0 aromatic rings. The highest BCUT2D eigenvalue weighted by molar-refractivity contribution is 8.73. The average molecular weight is 489 g/mol. The normalized spacial score (nSPS) is 33.4. The molecule has 5 atom stereocenters. The fourth-order valence-electron chi connectivity index (χ4n) is 4.70. The zero-order valence-electron chi connectivity index (χ0n) is 17.2. The number of hydrogen-bond acceptors (Lipinski definition) is 7. The Hall–Kier alpha value is -1.40. The number of nitrogens with zero attached hydrogens (tertiary/aromatic N) is 1. The summed E-state index contributed by atoms with van der Waals surface area (Å²) >= 11 is 1.86. The number of rotatable bonds is 7. The van der Waals surface area contributed by atoms with E-state index in [1.54, 1.807) is 4.90 Å². The number of thioether (sulfide) groups is 1. The van der Waals surface area contributed by atoms with Crippen LogP contribution in [0.5, 0.6) is 0 Å². The Morgan fingerprint density at radius 1 is 1.19 bits per heavy atom. The van der Waals surface area contributed by atoms with Gasteiger partial charge in [-0.05, 0) is 29.6 Å². The fraction of sp³-hybridized carbons (Fsp3) is 0.737. The van der Waals surface area contributed by atoms with Crippen LogP contribution in [0.2, 0.25) is 0 Å². The van der Waals surface area contributed by atoms with Gasteiger partial charge in [0.2, 0.25) is 20.7 Å². The van der Waals surface area contributed by atoms with Crippen molar-refractivity contribution in [2.45, 2.75) is 43.0 Å². The van der Waals surface area contributed by atoms with Crippen LogP contribution in [0.25, 0.3) is 0 Å².